The molecule has 1 amide bonds. The summed E-state index contributed by atoms with van der Waals surface area (Å²) in [5.74, 6) is -0.0726. The molecule has 0 saturated carbocycles. The second-order valence-corrected chi connectivity index (χ2v) is 5.95. The third-order valence-corrected chi connectivity index (χ3v) is 4.06. The van der Waals surface area contributed by atoms with Crippen LogP contribution in [0.15, 0.2) is 6.20 Å². The van der Waals surface area contributed by atoms with Gasteiger partial charge in [0.15, 0.2) is 0 Å². The number of aryl methyl sites for hydroxylation is 1. The molecule has 4 nitrogen and oxygen atoms in total. The van der Waals surface area contributed by atoms with Gasteiger partial charge in [-0.2, -0.15) is 0 Å². The summed E-state index contributed by atoms with van der Waals surface area (Å²) in [6, 6.07) is 0. The number of carbonyl (C=O) groups is 1. The van der Waals surface area contributed by atoms with E-state index in [1.54, 1.807) is 18.3 Å². The third kappa shape index (κ3) is 5.89. The second-order valence-electron chi connectivity index (χ2n) is 4.75. The predicted molar refractivity (Wildman–Crippen MR) is 83.0 cm³/mol. The predicted octanol–water partition coefficient (Wildman–Crippen LogP) is 2.30. The first-order chi connectivity index (χ1) is 8.49. The van der Waals surface area contributed by atoms with Gasteiger partial charge < -0.3 is 11.1 Å². The van der Waals surface area contributed by atoms with Crippen molar-refractivity contribution in [2.75, 3.05) is 6.54 Å². The number of hydrogen-bond acceptors (Lipinski definition) is 4. The lowest BCUT2D eigenvalue weighted by Gasteiger charge is -2.22. The molecule has 1 heterocycles. The van der Waals surface area contributed by atoms with E-state index < -0.39 is 5.54 Å². The molecule has 0 aliphatic carbocycles. The van der Waals surface area contributed by atoms with E-state index in [-0.39, 0.29) is 18.3 Å². The lowest BCUT2D eigenvalue weighted by Crippen LogP contribution is -2.51. The molecular formula is C13H24ClN3OS. The van der Waals surface area contributed by atoms with Gasteiger partial charge in [0.25, 0.3) is 0 Å². The average molecular weight is 306 g/mol. The van der Waals surface area contributed by atoms with Gasteiger partial charge >= 0.3 is 0 Å². The van der Waals surface area contributed by atoms with Crippen LogP contribution >= 0.6 is 23.7 Å². The van der Waals surface area contributed by atoms with Gasteiger partial charge in [0, 0.05) is 24.0 Å². The van der Waals surface area contributed by atoms with E-state index in [2.05, 4.69) is 17.2 Å². The van der Waals surface area contributed by atoms with Crippen molar-refractivity contribution in [1.29, 1.82) is 0 Å². The minimum Gasteiger partial charge on any atom is -0.354 e. The van der Waals surface area contributed by atoms with Crippen molar-refractivity contribution in [2.45, 2.75) is 52.0 Å². The molecule has 0 radical (unpaired) electrons. The van der Waals surface area contributed by atoms with Gasteiger partial charge in [-0.15, -0.1) is 23.7 Å². The Hall–Kier alpha value is -0.650. The molecule has 6 heteroatoms. The summed E-state index contributed by atoms with van der Waals surface area (Å²) in [5.41, 5.74) is 5.19. The second kappa shape index (κ2) is 8.51. The number of rotatable bonds is 7. The molecular weight excluding hydrogens is 282 g/mol. The fourth-order valence-electron chi connectivity index (χ4n) is 1.74. The largest absolute Gasteiger partial charge is 0.354 e. The van der Waals surface area contributed by atoms with E-state index in [1.807, 2.05) is 13.1 Å². The molecule has 1 rings (SSSR count). The first kappa shape index (κ1) is 18.4. The maximum absolute atomic E-state index is 11.9. The summed E-state index contributed by atoms with van der Waals surface area (Å²) in [6.07, 6.45) is 5.31. The highest BCUT2D eigenvalue weighted by Gasteiger charge is 2.26. The van der Waals surface area contributed by atoms with Crippen molar-refractivity contribution in [3.8, 4) is 0 Å². The van der Waals surface area contributed by atoms with E-state index in [0.29, 0.717) is 13.0 Å². The van der Waals surface area contributed by atoms with Crippen LogP contribution in [0.25, 0.3) is 0 Å². The summed E-state index contributed by atoms with van der Waals surface area (Å²) >= 11 is 1.71. The van der Waals surface area contributed by atoms with Crippen molar-refractivity contribution in [2.24, 2.45) is 5.73 Å². The van der Waals surface area contributed by atoms with Crippen molar-refractivity contribution in [3.63, 3.8) is 0 Å². The van der Waals surface area contributed by atoms with Gasteiger partial charge in [0.1, 0.15) is 0 Å². The van der Waals surface area contributed by atoms with Crippen LogP contribution in [0.3, 0.4) is 0 Å². The Morgan fingerprint density at radius 3 is 2.74 bits per heavy atom. The molecule has 0 aromatic carbocycles. The number of aromatic nitrogens is 1. The zero-order chi connectivity index (χ0) is 13.6. The van der Waals surface area contributed by atoms with Crippen molar-refractivity contribution in [3.05, 3.63) is 16.1 Å². The lowest BCUT2D eigenvalue weighted by atomic mass is 9.96. The standard InChI is InChI=1S/C13H23N3OS.ClH/c1-4-7-13(3,14)12(17)15-8-6-11-16-9-10(5-2)18-11;/h9H,4-8,14H2,1-3H3,(H,15,17);1H. The summed E-state index contributed by atoms with van der Waals surface area (Å²) in [5, 5.41) is 3.96. The van der Waals surface area contributed by atoms with Crippen LogP contribution in [-0.2, 0) is 17.6 Å². The van der Waals surface area contributed by atoms with Crippen LogP contribution in [0.5, 0.6) is 0 Å². The highest BCUT2D eigenvalue weighted by molar-refractivity contribution is 7.11. The molecule has 3 N–H and O–H groups in total. The molecule has 0 spiro atoms. The zero-order valence-corrected chi connectivity index (χ0v) is 13.5. The summed E-state index contributed by atoms with van der Waals surface area (Å²) in [7, 11) is 0. The van der Waals surface area contributed by atoms with Crippen molar-refractivity contribution in [1.82, 2.24) is 10.3 Å². The molecule has 1 aromatic rings. The van der Waals surface area contributed by atoms with Crippen LogP contribution in [0.1, 0.15) is 43.5 Å². The Bertz CT molecular complexity index is 393. The van der Waals surface area contributed by atoms with E-state index in [0.717, 1.165) is 24.3 Å². The van der Waals surface area contributed by atoms with E-state index in [9.17, 15) is 4.79 Å². The smallest absolute Gasteiger partial charge is 0.239 e. The topological polar surface area (TPSA) is 68.0 Å². The number of halogens is 1. The van der Waals surface area contributed by atoms with Crippen molar-refractivity contribution < 1.29 is 4.79 Å². The molecule has 110 valence electrons. The quantitative estimate of drug-likeness (QED) is 0.812. The van der Waals surface area contributed by atoms with Crippen LogP contribution < -0.4 is 11.1 Å². The highest BCUT2D eigenvalue weighted by Crippen LogP contribution is 2.13. The zero-order valence-electron chi connectivity index (χ0n) is 11.9. The van der Waals surface area contributed by atoms with Gasteiger partial charge in [-0.1, -0.05) is 20.3 Å². The maximum atomic E-state index is 11.9. The monoisotopic (exact) mass is 305 g/mol. The summed E-state index contributed by atoms with van der Waals surface area (Å²) in [4.78, 5) is 17.5. The molecule has 0 aliphatic rings. The van der Waals surface area contributed by atoms with Gasteiger partial charge in [0.2, 0.25) is 5.91 Å². The number of nitrogens with zero attached hydrogens (tertiary/aromatic N) is 1. The number of thiazole rings is 1. The Balaban J connectivity index is 0.00000324. The number of amides is 1. The van der Waals surface area contributed by atoms with Crippen LogP contribution in [-0.4, -0.2) is 23.0 Å². The highest BCUT2D eigenvalue weighted by atomic mass is 35.5. The Kier molecular flexibility index (Phi) is 8.22. The number of carbonyl (C=O) groups excluding carboxylic acids is 1. The first-order valence-electron chi connectivity index (χ1n) is 6.50. The maximum Gasteiger partial charge on any atom is 0.239 e. The number of nitrogens with two attached hydrogens (primary N) is 1. The Morgan fingerprint density at radius 2 is 2.21 bits per heavy atom. The fourth-order valence-corrected chi connectivity index (χ4v) is 2.61. The molecule has 19 heavy (non-hydrogen) atoms. The Labute approximate surface area is 125 Å². The molecule has 1 unspecified atom stereocenters. The van der Waals surface area contributed by atoms with Crippen LogP contribution in [0.2, 0.25) is 0 Å². The van der Waals surface area contributed by atoms with Crippen molar-refractivity contribution >= 4 is 29.7 Å². The Morgan fingerprint density at radius 1 is 1.53 bits per heavy atom. The molecule has 1 atom stereocenters. The van der Waals surface area contributed by atoms with Gasteiger partial charge in [0.05, 0.1) is 10.5 Å². The lowest BCUT2D eigenvalue weighted by molar-refractivity contribution is -0.126. The molecule has 0 aliphatic heterocycles. The SMILES string of the molecule is CCCC(C)(N)C(=O)NCCc1ncc(CC)s1.Cl. The van der Waals surface area contributed by atoms with Crippen LogP contribution in [0.4, 0.5) is 0 Å². The minimum atomic E-state index is -0.758. The molecule has 0 fully saturated rings. The molecule has 0 bridgehead atoms. The molecule has 0 saturated heterocycles. The number of nitrogens with one attached hydrogen (secondary N) is 1. The third-order valence-electron chi connectivity index (χ3n) is 2.86. The molecule has 1 aromatic heterocycles. The summed E-state index contributed by atoms with van der Waals surface area (Å²) in [6.45, 7) is 6.53. The van der Waals surface area contributed by atoms with E-state index in [1.165, 1.54) is 4.88 Å². The minimum absolute atomic E-state index is 0. The van der Waals surface area contributed by atoms with Crippen LogP contribution in [0, 0.1) is 0 Å². The van der Waals surface area contributed by atoms with Gasteiger partial charge in [-0.3, -0.25) is 4.79 Å². The van der Waals surface area contributed by atoms with E-state index in [4.69, 9.17) is 5.73 Å². The van der Waals surface area contributed by atoms with Gasteiger partial charge in [-0.05, 0) is 19.8 Å². The average Bonchev–Trinajstić information content (AvgIpc) is 2.76. The van der Waals surface area contributed by atoms with Gasteiger partial charge in [-0.25, -0.2) is 4.98 Å². The van der Waals surface area contributed by atoms with E-state index >= 15 is 0 Å². The fraction of sp³-hybridized carbons (Fsp3) is 0.692. The first-order valence-corrected chi connectivity index (χ1v) is 7.32. The summed E-state index contributed by atoms with van der Waals surface area (Å²) < 4.78 is 0. The number of hydrogen-bond donors (Lipinski definition) is 2. The normalized spacial score (nSPS) is 13.5.